The zero-order valence-electron chi connectivity index (χ0n) is 17.0. The van der Waals surface area contributed by atoms with Crippen molar-refractivity contribution in [3.05, 3.63) is 56.2 Å². The van der Waals surface area contributed by atoms with Gasteiger partial charge in [0.25, 0.3) is 0 Å². The van der Waals surface area contributed by atoms with E-state index in [1.54, 1.807) is 7.11 Å². The fourth-order valence-electron chi connectivity index (χ4n) is 2.94. The molecular weight excluding hydrogens is 418 g/mol. The monoisotopic (exact) mass is 441 g/mol. The van der Waals surface area contributed by atoms with Gasteiger partial charge in [-0.25, -0.2) is 0 Å². The molecule has 1 aliphatic heterocycles. The summed E-state index contributed by atoms with van der Waals surface area (Å²) in [5, 5.41) is 2.06. The van der Waals surface area contributed by atoms with Crippen LogP contribution in [0.4, 0.5) is 0 Å². The van der Waals surface area contributed by atoms with Crippen LogP contribution >= 0.6 is 0 Å². The van der Waals surface area contributed by atoms with Crippen LogP contribution in [0.15, 0.2) is 23.0 Å². The number of rotatable bonds is 4. The van der Waals surface area contributed by atoms with Crippen LogP contribution in [0, 0.1) is 33.3 Å². The van der Waals surface area contributed by atoms with Gasteiger partial charge in [0.2, 0.25) is 0 Å². The van der Waals surface area contributed by atoms with Crippen molar-refractivity contribution in [1.29, 1.82) is 0 Å². The molecule has 0 aromatic rings. The molecule has 0 aromatic carbocycles. The van der Waals surface area contributed by atoms with Gasteiger partial charge in [0.15, 0.2) is 0 Å². The minimum atomic E-state index is -0.191. The molecule has 0 atom stereocenters. The summed E-state index contributed by atoms with van der Waals surface area (Å²) < 4.78 is 43.8. The van der Waals surface area contributed by atoms with Gasteiger partial charge in [0, 0.05) is 0 Å². The third kappa shape index (κ3) is 10.1. The predicted octanol–water partition coefficient (Wildman–Crippen LogP) is 2.92. The zero-order valence-corrected chi connectivity index (χ0v) is 18.3. The number of hydrogen-bond acceptors (Lipinski definition) is 3. The van der Waals surface area contributed by atoms with Crippen molar-refractivity contribution >= 4 is 4.57 Å². The third-order valence-corrected chi connectivity index (χ3v) is 4.35. The molecule has 9 heteroatoms. The van der Waals surface area contributed by atoms with Crippen LogP contribution in [0.2, 0.25) is 0 Å². The summed E-state index contributed by atoms with van der Waals surface area (Å²) in [6.45, 7) is 31.2. The third-order valence-electron chi connectivity index (χ3n) is 3.77. The minimum absolute atomic E-state index is 0.191. The molecule has 1 aliphatic carbocycles. The molecule has 156 valence electrons. The number of hydroxylamine groups is 2. The quantitative estimate of drug-likeness (QED) is 0.492. The van der Waals surface area contributed by atoms with E-state index in [2.05, 4.69) is 87.9 Å². The van der Waals surface area contributed by atoms with E-state index in [0.29, 0.717) is 6.04 Å². The molecule has 0 aromatic heterocycles. The second kappa shape index (κ2) is 21.0. The normalized spacial score (nSPS) is 15.4. The van der Waals surface area contributed by atoms with E-state index in [1.165, 1.54) is 12.0 Å². The van der Waals surface area contributed by atoms with E-state index in [9.17, 15) is 0 Å². The molecule has 0 radical (unpaired) electrons. The molecular formula is C20H23CrNO7. The summed E-state index contributed by atoms with van der Waals surface area (Å²) in [6.07, 6.45) is 5.75. The SMILES string of the molecule is CO[C](=[Cr])C1=C(C2=CCCC2)ON(C(C)C)C1(C)C.[C-]#[O+].[C-]#[O+].[C-]#[O+].[C-]#[O+].[C-]#[O+]. The van der Waals surface area contributed by atoms with Gasteiger partial charge in [0.1, 0.15) is 0 Å². The fourth-order valence-corrected chi connectivity index (χ4v) is 3.47. The Morgan fingerprint density at radius 3 is 1.83 bits per heavy atom. The first-order chi connectivity index (χ1) is 13.9. The van der Waals surface area contributed by atoms with E-state index in [1.807, 2.05) is 0 Å². The van der Waals surface area contributed by atoms with Gasteiger partial charge in [-0.15, -0.1) is 0 Å². The zero-order chi connectivity index (χ0) is 24.2. The molecule has 0 fully saturated rings. The van der Waals surface area contributed by atoms with E-state index in [4.69, 9.17) is 32.8 Å². The van der Waals surface area contributed by atoms with Crippen molar-refractivity contribution in [3.8, 4) is 0 Å². The Hall–Kier alpha value is -1.70. The van der Waals surface area contributed by atoms with Gasteiger partial charge in [-0.2, -0.15) is 0 Å². The number of nitrogens with zero attached hydrogens (tertiary/aromatic N) is 1. The van der Waals surface area contributed by atoms with Crippen molar-refractivity contribution in [1.82, 2.24) is 5.06 Å². The molecule has 0 saturated heterocycles. The van der Waals surface area contributed by atoms with Gasteiger partial charge in [-0.1, -0.05) is 0 Å². The summed E-state index contributed by atoms with van der Waals surface area (Å²) in [5.41, 5.74) is 2.26. The molecule has 0 spiro atoms. The van der Waals surface area contributed by atoms with Crippen LogP contribution in [0.3, 0.4) is 0 Å². The van der Waals surface area contributed by atoms with Crippen molar-refractivity contribution < 1.29 is 48.7 Å². The van der Waals surface area contributed by atoms with Crippen LogP contribution in [-0.2, 0) is 48.7 Å². The summed E-state index contributed by atoms with van der Waals surface area (Å²) in [6, 6.07) is 0.314. The first kappa shape index (κ1) is 34.8. The summed E-state index contributed by atoms with van der Waals surface area (Å²) in [7, 11) is 1.70. The van der Waals surface area contributed by atoms with Gasteiger partial charge in [-0.3, -0.25) is 0 Å². The maximum absolute atomic E-state index is 7.50. The van der Waals surface area contributed by atoms with Crippen LogP contribution < -0.4 is 0 Å². The van der Waals surface area contributed by atoms with Crippen LogP contribution in [-0.4, -0.2) is 28.3 Å². The van der Waals surface area contributed by atoms with Crippen LogP contribution in [0.5, 0.6) is 0 Å². The Morgan fingerprint density at radius 2 is 1.52 bits per heavy atom. The molecule has 0 N–H and O–H groups in total. The van der Waals surface area contributed by atoms with Crippen molar-refractivity contribution in [2.75, 3.05) is 7.11 Å². The molecule has 2 rings (SSSR count). The second-order valence-electron chi connectivity index (χ2n) is 5.89. The number of methoxy groups -OCH3 is 1. The maximum atomic E-state index is 7.50. The van der Waals surface area contributed by atoms with E-state index in [-0.39, 0.29) is 5.54 Å². The molecule has 1 heterocycles. The Labute approximate surface area is 180 Å². The molecule has 0 bridgehead atoms. The van der Waals surface area contributed by atoms with E-state index >= 15 is 0 Å². The second-order valence-corrected chi connectivity index (χ2v) is 6.47. The van der Waals surface area contributed by atoms with E-state index < -0.39 is 0 Å². The molecule has 0 unspecified atom stereocenters. The topological polar surface area (TPSA) is 121 Å². The fraction of sp³-hybridized carbons (Fsp3) is 0.500. The van der Waals surface area contributed by atoms with Crippen molar-refractivity contribution in [2.24, 2.45) is 0 Å². The number of ether oxygens (including phenoxy) is 1. The Kier molecular flexibility index (Phi) is 25.2. The Balaban J connectivity index is -0.000000273. The molecule has 0 amide bonds. The Morgan fingerprint density at radius 1 is 1.07 bits per heavy atom. The summed E-state index contributed by atoms with van der Waals surface area (Å²) >= 11 is 3.04. The van der Waals surface area contributed by atoms with Gasteiger partial charge >= 0.3 is 180 Å². The summed E-state index contributed by atoms with van der Waals surface area (Å²) in [4.78, 5) is 6.18. The van der Waals surface area contributed by atoms with Gasteiger partial charge in [-0.05, 0) is 0 Å². The first-order valence-electron chi connectivity index (χ1n) is 7.91. The summed E-state index contributed by atoms with van der Waals surface area (Å²) in [5.74, 6) is 0.992. The van der Waals surface area contributed by atoms with Gasteiger partial charge in [0.05, 0.1) is 0 Å². The average Bonchev–Trinajstić information content (AvgIpc) is 3.40. The molecule has 2 aliphatic rings. The first-order valence-corrected chi connectivity index (χ1v) is 8.55. The molecule has 29 heavy (non-hydrogen) atoms. The molecule has 0 saturated carbocycles. The van der Waals surface area contributed by atoms with E-state index in [0.717, 1.165) is 28.7 Å². The standard InChI is InChI=1S/C15H23NO2.5CO.Cr/c1-11(2)16-15(3,4)13(10-17-5)14(18-16)12-8-6-7-9-12;5*1-2;/h8,11H,6-7,9H2,1-5H3;;;;;;. The Bertz CT molecular complexity index is 617. The van der Waals surface area contributed by atoms with Gasteiger partial charge < -0.3 is 0 Å². The van der Waals surface area contributed by atoms with Crippen LogP contribution in [0.1, 0.15) is 47.0 Å². The molecule has 8 nitrogen and oxygen atoms in total. The average molecular weight is 441 g/mol. The van der Waals surface area contributed by atoms with Crippen molar-refractivity contribution in [2.45, 2.75) is 58.5 Å². The van der Waals surface area contributed by atoms with Crippen molar-refractivity contribution in [3.63, 3.8) is 0 Å². The predicted molar refractivity (Wildman–Crippen MR) is 92.8 cm³/mol. The number of allylic oxidation sites excluding steroid dienone is 2. The van der Waals surface area contributed by atoms with Crippen LogP contribution in [0.25, 0.3) is 0 Å². The number of hydrogen-bond donors (Lipinski definition) is 0.